The first kappa shape index (κ1) is 21.5. The SMILES string of the molecule is O=C(O)CCC1CN(C(=O)C2(NC(=O)OCC3c4ccccc4-c4ccccc43)CCC2)C1. The molecule has 0 unspecified atom stereocenters. The molecule has 0 bridgehead atoms. The van der Waals surface area contributed by atoms with Gasteiger partial charge < -0.3 is 20.1 Å². The number of nitrogens with zero attached hydrogens (tertiary/aromatic N) is 1. The van der Waals surface area contributed by atoms with Gasteiger partial charge in [0.15, 0.2) is 0 Å². The van der Waals surface area contributed by atoms with Crippen molar-refractivity contribution in [1.82, 2.24) is 10.2 Å². The summed E-state index contributed by atoms with van der Waals surface area (Å²) in [6.45, 7) is 1.32. The molecule has 0 radical (unpaired) electrons. The first-order valence-electron chi connectivity index (χ1n) is 11.6. The van der Waals surface area contributed by atoms with Crippen LogP contribution in [0.5, 0.6) is 0 Å². The fraction of sp³-hybridized carbons (Fsp3) is 0.423. The Morgan fingerprint density at radius 2 is 1.61 bits per heavy atom. The molecule has 0 atom stereocenters. The minimum absolute atomic E-state index is 0.0263. The Hall–Kier alpha value is -3.35. The van der Waals surface area contributed by atoms with Gasteiger partial charge >= 0.3 is 12.1 Å². The van der Waals surface area contributed by atoms with E-state index in [2.05, 4.69) is 29.6 Å². The zero-order chi connectivity index (χ0) is 23.0. The minimum Gasteiger partial charge on any atom is -0.481 e. The number of fused-ring (bicyclic) bond motifs is 3. The highest BCUT2D eigenvalue weighted by molar-refractivity contribution is 5.91. The largest absolute Gasteiger partial charge is 0.481 e. The number of carboxylic acid groups (broad SMARTS) is 1. The standard InChI is InChI=1S/C26H28N2O5/c29-23(30)11-10-17-14-28(15-17)24(31)26(12-5-13-26)27-25(32)33-16-22-20-8-3-1-6-18(20)19-7-2-4-9-21(19)22/h1-4,6-9,17,22H,5,10-16H2,(H,27,32)(H,29,30). The molecule has 2 aromatic carbocycles. The maximum absolute atomic E-state index is 13.1. The van der Waals surface area contributed by atoms with E-state index in [1.54, 1.807) is 4.90 Å². The van der Waals surface area contributed by atoms with Crippen LogP contribution in [-0.4, -0.2) is 53.2 Å². The summed E-state index contributed by atoms with van der Waals surface area (Å²) in [7, 11) is 0. The number of carbonyl (C=O) groups is 3. The molecule has 2 N–H and O–H groups in total. The Kier molecular flexibility index (Phi) is 5.56. The average Bonchev–Trinajstić information content (AvgIpc) is 3.07. The molecule has 1 aliphatic heterocycles. The van der Waals surface area contributed by atoms with Gasteiger partial charge in [0, 0.05) is 25.4 Å². The average molecular weight is 449 g/mol. The van der Waals surface area contributed by atoms with E-state index in [9.17, 15) is 14.4 Å². The molecule has 1 heterocycles. The number of carbonyl (C=O) groups excluding carboxylic acids is 2. The highest BCUT2D eigenvalue weighted by Crippen LogP contribution is 2.44. The minimum atomic E-state index is -0.889. The second-order valence-electron chi connectivity index (χ2n) is 9.39. The molecule has 0 spiro atoms. The lowest BCUT2D eigenvalue weighted by Gasteiger charge is -2.48. The van der Waals surface area contributed by atoms with Crippen LogP contribution in [0, 0.1) is 5.92 Å². The molecule has 3 aliphatic rings. The van der Waals surface area contributed by atoms with Crippen molar-refractivity contribution in [3.8, 4) is 11.1 Å². The van der Waals surface area contributed by atoms with E-state index >= 15 is 0 Å². The van der Waals surface area contributed by atoms with Crippen molar-refractivity contribution in [2.24, 2.45) is 5.92 Å². The summed E-state index contributed by atoms with van der Waals surface area (Å²) in [5.41, 5.74) is 3.74. The number of amides is 2. The molecule has 7 heteroatoms. The molecule has 2 fully saturated rings. The van der Waals surface area contributed by atoms with Gasteiger partial charge in [0.25, 0.3) is 0 Å². The Morgan fingerprint density at radius 3 is 2.15 bits per heavy atom. The van der Waals surface area contributed by atoms with Crippen molar-refractivity contribution in [3.05, 3.63) is 59.7 Å². The van der Waals surface area contributed by atoms with Crippen LogP contribution in [0.2, 0.25) is 0 Å². The number of carboxylic acids is 1. The molecule has 0 aromatic heterocycles. The molecule has 172 valence electrons. The van der Waals surface area contributed by atoms with Crippen molar-refractivity contribution in [2.45, 2.75) is 43.6 Å². The summed E-state index contributed by atoms with van der Waals surface area (Å²) in [5.74, 6) is -0.695. The van der Waals surface area contributed by atoms with Gasteiger partial charge in [0.2, 0.25) is 5.91 Å². The van der Waals surface area contributed by atoms with Crippen LogP contribution in [0.15, 0.2) is 48.5 Å². The number of hydrogen-bond acceptors (Lipinski definition) is 4. The monoisotopic (exact) mass is 448 g/mol. The first-order valence-corrected chi connectivity index (χ1v) is 11.6. The number of ether oxygens (including phenoxy) is 1. The lowest BCUT2D eigenvalue weighted by Crippen LogP contribution is -2.67. The third-order valence-electron chi connectivity index (χ3n) is 7.31. The molecule has 33 heavy (non-hydrogen) atoms. The van der Waals surface area contributed by atoms with E-state index in [0.29, 0.717) is 32.4 Å². The highest BCUT2D eigenvalue weighted by atomic mass is 16.5. The molecule has 2 aromatic rings. The van der Waals surface area contributed by atoms with Gasteiger partial charge in [-0.25, -0.2) is 4.79 Å². The summed E-state index contributed by atoms with van der Waals surface area (Å²) in [6, 6.07) is 16.3. The number of likely N-dealkylation sites (tertiary alicyclic amines) is 1. The van der Waals surface area contributed by atoms with Crippen LogP contribution in [0.1, 0.15) is 49.1 Å². The molecule has 1 saturated carbocycles. The van der Waals surface area contributed by atoms with Crippen molar-refractivity contribution >= 4 is 18.0 Å². The van der Waals surface area contributed by atoms with E-state index in [1.807, 2.05) is 24.3 Å². The second-order valence-corrected chi connectivity index (χ2v) is 9.39. The zero-order valence-electron chi connectivity index (χ0n) is 18.5. The lowest BCUT2D eigenvalue weighted by molar-refractivity contribution is -0.149. The first-order chi connectivity index (χ1) is 16.0. The molecule has 7 nitrogen and oxygen atoms in total. The van der Waals surface area contributed by atoms with Crippen molar-refractivity contribution in [3.63, 3.8) is 0 Å². The van der Waals surface area contributed by atoms with Crippen LogP contribution >= 0.6 is 0 Å². The number of nitrogens with one attached hydrogen (secondary N) is 1. The smallest absolute Gasteiger partial charge is 0.408 e. The summed E-state index contributed by atoms with van der Waals surface area (Å²) in [6.07, 6.45) is 2.22. The Balaban J connectivity index is 1.19. The Bertz CT molecular complexity index is 1040. The summed E-state index contributed by atoms with van der Waals surface area (Å²) >= 11 is 0. The predicted octanol–water partition coefficient (Wildman–Crippen LogP) is 3.77. The molecule has 2 aliphatic carbocycles. The van der Waals surface area contributed by atoms with Crippen LogP contribution in [0.3, 0.4) is 0 Å². The van der Waals surface area contributed by atoms with Gasteiger partial charge in [-0.2, -0.15) is 0 Å². The van der Waals surface area contributed by atoms with Gasteiger partial charge in [-0.3, -0.25) is 9.59 Å². The predicted molar refractivity (Wildman–Crippen MR) is 122 cm³/mol. The van der Waals surface area contributed by atoms with Crippen molar-refractivity contribution in [2.75, 3.05) is 19.7 Å². The van der Waals surface area contributed by atoms with Gasteiger partial charge in [-0.05, 0) is 53.9 Å². The third kappa shape index (κ3) is 3.96. The second kappa shape index (κ2) is 8.54. The normalized spacial score (nSPS) is 18.5. The van der Waals surface area contributed by atoms with E-state index in [4.69, 9.17) is 9.84 Å². The van der Waals surface area contributed by atoms with E-state index in [1.165, 1.54) is 11.1 Å². The van der Waals surface area contributed by atoms with Crippen LogP contribution in [0.25, 0.3) is 11.1 Å². The lowest BCUT2D eigenvalue weighted by atomic mass is 9.74. The van der Waals surface area contributed by atoms with Crippen LogP contribution in [0.4, 0.5) is 4.79 Å². The molecule has 2 amide bonds. The van der Waals surface area contributed by atoms with Crippen LogP contribution < -0.4 is 5.32 Å². The summed E-state index contributed by atoms with van der Waals surface area (Å²) in [5, 5.41) is 11.7. The molecular weight excluding hydrogens is 420 g/mol. The molecule has 5 rings (SSSR count). The maximum atomic E-state index is 13.1. The summed E-state index contributed by atoms with van der Waals surface area (Å²) in [4.78, 5) is 38.3. The Morgan fingerprint density at radius 1 is 1.00 bits per heavy atom. The highest BCUT2D eigenvalue weighted by Gasteiger charge is 2.50. The fourth-order valence-corrected chi connectivity index (χ4v) is 5.30. The van der Waals surface area contributed by atoms with Gasteiger partial charge in [0.05, 0.1) is 0 Å². The van der Waals surface area contributed by atoms with Gasteiger partial charge in [0.1, 0.15) is 12.1 Å². The Labute approximate surface area is 192 Å². The van der Waals surface area contributed by atoms with Crippen molar-refractivity contribution in [1.29, 1.82) is 0 Å². The fourth-order valence-electron chi connectivity index (χ4n) is 5.30. The van der Waals surface area contributed by atoms with E-state index in [-0.39, 0.29) is 30.8 Å². The zero-order valence-corrected chi connectivity index (χ0v) is 18.5. The molecular formula is C26H28N2O5. The summed E-state index contributed by atoms with van der Waals surface area (Å²) < 4.78 is 5.65. The number of aliphatic carboxylic acids is 1. The topological polar surface area (TPSA) is 95.9 Å². The van der Waals surface area contributed by atoms with Crippen molar-refractivity contribution < 1.29 is 24.2 Å². The van der Waals surface area contributed by atoms with Gasteiger partial charge in [-0.15, -0.1) is 0 Å². The number of hydrogen-bond donors (Lipinski definition) is 2. The number of alkyl carbamates (subject to hydrolysis) is 1. The van der Waals surface area contributed by atoms with E-state index in [0.717, 1.165) is 17.5 Å². The van der Waals surface area contributed by atoms with Gasteiger partial charge in [-0.1, -0.05) is 48.5 Å². The number of rotatable bonds is 7. The molecule has 1 saturated heterocycles. The van der Waals surface area contributed by atoms with E-state index < -0.39 is 17.6 Å². The third-order valence-corrected chi connectivity index (χ3v) is 7.31. The number of benzene rings is 2. The quantitative estimate of drug-likeness (QED) is 0.672. The maximum Gasteiger partial charge on any atom is 0.408 e. The van der Waals surface area contributed by atoms with Crippen LogP contribution in [-0.2, 0) is 14.3 Å².